The third-order valence-electron chi connectivity index (χ3n) is 7.40. The zero-order valence-electron chi connectivity index (χ0n) is 14.1. The van der Waals surface area contributed by atoms with Crippen LogP contribution in [0.5, 0.6) is 0 Å². The fourth-order valence-corrected chi connectivity index (χ4v) is 5.33. The number of fused-ring (bicyclic) bond motifs is 2. The van der Waals surface area contributed by atoms with Gasteiger partial charge in [-0.25, -0.2) is 0 Å². The van der Waals surface area contributed by atoms with Crippen LogP contribution in [0.15, 0.2) is 0 Å². The van der Waals surface area contributed by atoms with Crippen LogP contribution >= 0.6 is 0 Å². The highest BCUT2D eigenvalue weighted by molar-refractivity contribution is 5.81. The van der Waals surface area contributed by atoms with Crippen LogP contribution in [-0.2, 0) is 9.53 Å². The summed E-state index contributed by atoms with van der Waals surface area (Å²) >= 11 is 0. The number of carbonyl (C=O) groups is 1. The predicted molar refractivity (Wildman–Crippen MR) is 83.7 cm³/mol. The van der Waals surface area contributed by atoms with E-state index in [1.54, 1.807) is 0 Å². The van der Waals surface area contributed by atoms with E-state index in [2.05, 4.69) is 27.7 Å². The smallest absolute Gasteiger partial charge is 0.326 e. The third kappa shape index (κ3) is 2.15. The lowest BCUT2D eigenvalue weighted by Gasteiger charge is -2.41. The number of hydrogen-bond acceptors (Lipinski definition) is 3. The lowest BCUT2D eigenvalue weighted by molar-refractivity contribution is -0.165. The number of esters is 1. The summed E-state index contributed by atoms with van der Waals surface area (Å²) in [7, 11) is 0. The lowest BCUT2D eigenvalue weighted by atomic mass is 9.70. The van der Waals surface area contributed by atoms with Gasteiger partial charge in [0, 0.05) is 5.41 Å². The summed E-state index contributed by atoms with van der Waals surface area (Å²) in [5, 5.41) is 0. The van der Waals surface area contributed by atoms with Gasteiger partial charge >= 0.3 is 5.97 Å². The fraction of sp³-hybridized carbons (Fsp3) is 0.944. The molecule has 2 bridgehead atoms. The highest BCUT2D eigenvalue weighted by Gasteiger charge is 2.63. The Bertz CT molecular complexity index is 446. The van der Waals surface area contributed by atoms with Gasteiger partial charge in [0.2, 0.25) is 0 Å². The Balaban J connectivity index is 1.72. The average Bonchev–Trinajstić information content (AvgIpc) is 2.71. The van der Waals surface area contributed by atoms with Crippen molar-refractivity contribution >= 4 is 5.97 Å². The number of nitrogens with two attached hydrogens (primary N) is 1. The Labute approximate surface area is 129 Å². The number of ether oxygens (including phenoxy) is 1. The molecule has 21 heavy (non-hydrogen) atoms. The molecule has 0 aromatic carbocycles. The summed E-state index contributed by atoms with van der Waals surface area (Å²) in [4.78, 5) is 12.7. The molecule has 0 radical (unpaired) electrons. The second-order valence-electron chi connectivity index (χ2n) is 8.86. The molecule has 3 aliphatic carbocycles. The SMILES string of the molecule is CC1CCCC(N)(C(=O)OC2CC3CCC2(C)C3(C)C)C1. The van der Waals surface area contributed by atoms with Crippen molar-refractivity contribution in [3.63, 3.8) is 0 Å². The Morgan fingerprint density at radius 3 is 2.43 bits per heavy atom. The minimum atomic E-state index is -0.736. The molecule has 0 heterocycles. The normalized spacial score (nSPS) is 48.3. The third-order valence-corrected chi connectivity index (χ3v) is 7.40. The Morgan fingerprint density at radius 2 is 1.90 bits per heavy atom. The monoisotopic (exact) mass is 293 g/mol. The highest BCUT2D eigenvalue weighted by Crippen LogP contribution is 2.66. The maximum Gasteiger partial charge on any atom is 0.326 e. The quantitative estimate of drug-likeness (QED) is 0.791. The van der Waals surface area contributed by atoms with Crippen LogP contribution in [0.25, 0.3) is 0 Å². The molecule has 2 N–H and O–H groups in total. The molecular formula is C18H31NO2. The van der Waals surface area contributed by atoms with E-state index < -0.39 is 5.54 Å². The molecule has 5 unspecified atom stereocenters. The van der Waals surface area contributed by atoms with Crippen molar-refractivity contribution in [3.05, 3.63) is 0 Å². The largest absolute Gasteiger partial charge is 0.460 e. The topological polar surface area (TPSA) is 52.3 Å². The van der Waals surface area contributed by atoms with Crippen LogP contribution in [0.2, 0.25) is 0 Å². The van der Waals surface area contributed by atoms with Gasteiger partial charge in [0.05, 0.1) is 0 Å². The Hall–Kier alpha value is -0.570. The van der Waals surface area contributed by atoms with Gasteiger partial charge < -0.3 is 10.5 Å². The number of hydrogen-bond donors (Lipinski definition) is 1. The predicted octanol–water partition coefficient (Wildman–Crippen LogP) is 3.65. The van der Waals surface area contributed by atoms with Crippen molar-refractivity contribution in [1.82, 2.24) is 0 Å². The van der Waals surface area contributed by atoms with Gasteiger partial charge in [-0.3, -0.25) is 4.79 Å². The first-order valence-corrected chi connectivity index (χ1v) is 8.69. The highest BCUT2D eigenvalue weighted by atomic mass is 16.5. The molecule has 0 aromatic rings. The van der Waals surface area contributed by atoms with Crippen LogP contribution < -0.4 is 5.73 Å². The fourth-order valence-electron chi connectivity index (χ4n) is 5.33. The molecule has 0 aliphatic heterocycles. The van der Waals surface area contributed by atoms with Gasteiger partial charge in [0.25, 0.3) is 0 Å². The summed E-state index contributed by atoms with van der Waals surface area (Å²) in [5.41, 5.74) is 6.08. The van der Waals surface area contributed by atoms with E-state index in [9.17, 15) is 4.79 Å². The first-order chi connectivity index (χ1) is 9.69. The average molecular weight is 293 g/mol. The summed E-state index contributed by atoms with van der Waals surface area (Å²) in [6.07, 6.45) is 7.34. The van der Waals surface area contributed by atoms with Gasteiger partial charge in [-0.1, -0.05) is 40.5 Å². The molecule has 120 valence electrons. The van der Waals surface area contributed by atoms with Gasteiger partial charge in [0.1, 0.15) is 11.6 Å². The van der Waals surface area contributed by atoms with Crippen LogP contribution in [0.1, 0.15) is 72.6 Å². The van der Waals surface area contributed by atoms with Crippen molar-refractivity contribution in [2.75, 3.05) is 0 Å². The molecule has 3 heteroatoms. The van der Waals surface area contributed by atoms with E-state index in [-0.39, 0.29) is 22.9 Å². The molecular weight excluding hydrogens is 262 g/mol. The van der Waals surface area contributed by atoms with Gasteiger partial charge in [0.15, 0.2) is 0 Å². The van der Waals surface area contributed by atoms with Crippen molar-refractivity contribution in [3.8, 4) is 0 Å². The van der Waals surface area contributed by atoms with E-state index in [0.717, 1.165) is 25.7 Å². The molecule has 3 nitrogen and oxygen atoms in total. The standard InChI is InChI=1S/C18H31NO2/c1-12-6-5-8-18(19,11-12)15(20)21-14-10-13-7-9-17(14,4)16(13,2)3/h12-14H,5-11,19H2,1-4H3. The molecule has 3 fully saturated rings. The first kappa shape index (κ1) is 15.3. The van der Waals surface area contributed by atoms with E-state index >= 15 is 0 Å². The van der Waals surface area contributed by atoms with Crippen molar-refractivity contribution in [2.45, 2.75) is 84.3 Å². The molecule has 3 rings (SSSR count). The molecule has 0 amide bonds. The Morgan fingerprint density at radius 1 is 1.19 bits per heavy atom. The zero-order chi connectivity index (χ0) is 15.5. The minimum absolute atomic E-state index is 0.0661. The molecule has 0 spiro atoms. The van der Waals surface area contributed by atoms with Gasteiger partial charge in [-0.05, 0) is 49.4 Å². The lowest BCUT2D eigenvalue weighted by Crippen LogP contribution is -2.54. The van der Waals surface area contributed by atoms with Crippen LogP contribution in [0.4, 0.5) is 0 Å². The molecule has 3 aliphatic rings. The second kappa shape index (κ2) is 4.71. The molecule has 0 aromatic heterocycles. The van der Waals surface area contributed by atoms with Crippen molar-refractivity contribution < 1.29 is 9.53 Å². The molecule has 0 saturated heterocycles. The first-order valence-electron chi connectivity index (χ1n) is 8.69. The number of rotatable bonds is 2. The van der Waals surface area contributed by atoms with Crippen molar-refractivity contribution in [2.24, 2.45) is 28.4 Å². The number of carbonyl (C=O) groups excluding carboxylic acids is 1. The molecule has 3 saturated carbocycles. The maximum atomic E-state index is 12.7. The minimum Gasteiger partial charge on any atom is -0.460 e. The van der Waals surface area contributed by atoms with E-state index in [1.165, 1.54) is 19.3 Å². The summed E-state index contributed by atoms with van der Waals surface area (Å²) < 4.78 is 6.01. The van der Waals surface area contributed by atoms with Gasteiger partial charge in [-0.15, -0.1) is 0 Å². The zero-order valence-corrected chi connectivity index (χ0v) is 14.1. The van der Waals surface area contributed by atoms with E-state index in [4.69, 9.17) is 10.5 Å². The Kier molecular flexibility index (Phi) is 3.44. The molecule has 5 atom stereocenters. The summed E-state index contributed by atoms with van der Waals surface area (Å²) in [6.45, 7) is 9.19. The van der Waals surface area contributed by atoms with E-state index in [0.29, 0.717) is 11.8 Å². The van der Waals surface area contributed by atoms with E-state index in [1.807, 2.05) is 0 Å². The van der Waals surface area contributed by atoms with Crippen LogP contribution in [0.3, 0.4) is 0 Å². The van der Waals surface area contributed by atoms with Crippen LogP contribution in [0, 0.1) is 22.7 Å². The summed E-state index contributed by atoms with van der Waals surface area (Å²) in [5.74, 6) is 1.09. The van der Waals surface area contributed by atoms with Crippen LogP contribution in [-0.4, -0.2) is 17.6 Å². The summed E-state index contributed by atoms with van der Waals surface area (Å²) in [6, 6.07) is 0. The van der Waals surface area contributed by atoms with Crippen molar-refractivity contribution in [1.29, 1.82) is 0 Å². The maximum absolute atomic E-state index is 12.7. The second-order valence-corrected chi connectivity index (χ2v) is 8.86. The van der Waals surface area contributed by atoms with Gasteiger partial charge in [-0.2, -0.15) is 0 Å².